The van der Waals surface area contributed by atoms with Crippen LogP contribution in [0.4, 0.5) is 13.2 Å². The van der Waals surface area contributed by atoms with Gasteiger partial charge in [-0.3, -0.25) is 14.2 Å². The molecule has 2 aromatic carbocycles. The van der Waals surface area contributed by atoms with E-state index >= 15 is 0 Å². The van der Waals surface area contributed by atoms with Crippen LogP contribution in [0, 0.1) is 5.92 Å². The molecule has 5 rings (SSSR count). The fourth-order valence-electron chi connectivity index (χ4n) is 4.75. The van der Waals surface area contributed by atoms with Crippen molar-refractivity contribution < 1.29 is 27.5 Å². The van der Waals surface area contributed by atoms with Gasteiger partial charge in [0.2, 0.25) is 0 Å². The Hall–Kier alpha value is -3.71. The zero-order valence-electron chi connectivity index (χ0n) is 22.7. The molecule has 8 nitrogen and oxygen atoms in total. The molecule has 4 aromatic rings. The molecule has 0 saturated carbocycles. The van der Waals surface area contributed by atoms with Gasteiger partial charge < -0.3 is 9.64 Å². The first-order valence-electron chi connectivity index (χ1n) is 13.4. The first-order chi connectivity index (χ1) is 20.2. The molecule has 2 aromatic heterocycles. The zero-order chi connectivity index (χ0) is 29.7. The van der Waals surface area contributed by atoms with Crippen LogP contribution >= 0.6 is 23.1 Å². The molecule has 1 saturated heterocycles. The molecule has 1 amide bonds. The third kappa shape index (κ3) is 7.01. The van der Waals surface area contributed by atoms with Crippen LogP contribution in [0.25, 0.3) is 5.69 Å². The van der Waals surface area contributed by atoms with E-state index in [-0.39, 0.29) is 17.8 Å². The van der Waals surface area contributed by atoms with Crippen molar-refractivity contribution in [3.63, 3.8) is 0 Å². The van der Waals surface area contributed by atoms with Crippen molar-refractivity contribution in [3.8, 4) is 5.69 Å². The van der Waals surface area contributed by atoms with Gasteiger partial charge in [0.05, 0.1) is 29.5 Å². The van der Waals surface area contributed by atoms with Gasteiger partial charge in [-0.2, -0.15) is 13.2 Å². The summed E-state index contributed by atoms with van der Waals surface area (Å²) >= 11 is 2.60. The molecular weight excluding hydrogens is 587 g/mol. The van der Waals surface area contributed by atoms with Crippen molar-refractivity contribution in [2.24, 2.45) is 5.92 Å². The Kier molecular flexibility index (Phi) is 9.27. The van der Waals surface area contributed by atoms with Crippen LogP contribution in [0.5, 0.6) is 0 Å². The van der Waals surface area contributed by atoms with Gasteiger partial charge in [-0.15, -0.1) is 21.5 Å². The lowest BCUT2D eigenvalue weighted by Gasteiger charge is -2.31. The van der Waals surface area contributed by atoms with Gasteiger partial charge in [-0.1, -0.05) is 48.2 Å². The van der Waals surface area contributed by atoms with Gasteiger partial charge in [0.25, 0.3) is 5.91 Å². The minimum absolute atomic E-state index is 0.242. The second kappa shape index (κ2) is 13.1. The number of thioether (sulfide) groups is 1. The minimum Gasteiger partial charge on any atom is -0.466 e. The Morgan fingerprint density at radius 2 is 1.93 bits per heavy atom. The average molecular weight is 616 g/mol. The topological polar surface area (TPSA) is 90.2 Å². The molecule has 1 aliphatic rings. The molecule has 220 valence electrons. The van der Waals surface area contributed by atoms with Crippen LogP contribution in [-0.4, -0.2) is 56.2 Å². The van der Waals surface area contributed by atoms with Crippen LogP contribution in [0.15, 0.2) is 65.1 Å². The molecule has 1 aliphatic heterocycles. The molecular formula is C29H28F3N5O3S2. The maximum atomic E-state index is 13.5. The highest BCUT2D eigenvalue weighted by molar-refractivity contribution is 7.98. The van der Waals surface area contributed by atoms with Crippen LogP contribution in [0.2, 0.25) is 0 Å². The SMILES string of the molecule is CCOC(=O)C1CCCN(C(=O)c2csc(CSc3nnc(Cc4ccccc4)n3-c3cccc(C(F)(F)F)c3)n2)C1. The lowest BCUT2D eigenvalue weighted by molar-refractivity contribution is -0.149. The molecule has 0 N–H and O–H groups in total. The molecule has 42 heavy (non-hydrogen) atoms. The Labute approximate surface area is 248 Å². The van der Waals surface area contributed by atoms with Gasteiger partial charge in [0.1, 0.15) is 16.5 Å². The maximum absolute atomic E-state index is 13.5. The Morgan fingerprint density at radius 1 is 1.12 bits per heavy atom. The van der Waals surface area contributed by atoms with Crippen molar-refractivity contribution in [2.45, 2.75) is 43.3 Å². The Bertz CT molecular complexity index is 1540. The fourth-order valence-corrected chi connectivity index (χ4v) is 6.50. The van der Waals surface area contributed by atoms with Crippen molar-refractivity contribution >= 4 is 35.0 Å². The van der Waals surface area contributed by atoms with E-state index in [1.54, 1.807) is 27.8 Å². The zero-order valence-corrected chi connectivity index (χ0v) is 24.3. The number of hydrogen-bond donors (Lipinski definition) is 0. The quantitative estimate of drug-likeness (QED) is 0.168. The molecule has 0 aliphatic carbocycles. The van der Waals surface area contributed by atoms with Gasteiger partial charge in [0, 0.05) is 24.9 Å². The second-order valence-electron chi connectivity index (χ2n) is 9.70. The number of rotatable bonds is 9. The molecule has 1 unspecified atom stereocenters. The van der Waals surface area contributed by atoms with E-state index in [1.165, 1.54) is 29.2 Å². The number of hydrogen-bond acceptors (Lipinski definition) is 8. The number of alkyl halides is 3. The summed E-state index contributed by atoms with van der Waals surface area (Å²) < 4.78 is 47.3. The standard InChI is InChI=1S/C29H28F3N5O3S2/c1-2-40-27(39)20-10-7-13-36(16-20)26(38)23-17-41-25(33-23)18-42-28-35-34-24(14-19-8-4-3-5-9-19)37(28)22-12-6-11-21(15-22)29(30,31)32/h3-6,8-9,11-12,15,17,20H,2,7,10,13-14,16,18H2,1H3. The predicted molar refractivity (Wildman–Crippen MR) is 153 cm³/mol. The highest BCUT2D eigenvalue weighted by Crippen LogP contribution is 2.33. The highest BCUT2D eigenvalue weighted by atomic mass is 32.2. The number of ether oxygens (including phenoxy) is 1. The Morgan fingerprint density at radius 3 is 2.69 bits per heavy atom. The number of esters is 1. The summed E-state index contributed by atoms with van der Waals surface area (Å²) in [7, 11) is 0. The summed E-state index contributed by atoms with van der Waals surface area (Å²) in [5.74, 6) is -0.0372. The monoisotopic (exact) mass is 615 g/mol. The predicted octanol–water partition coefficient (Wildman–Crippen LogP) is 6.04. The van der Waals surface area contributed by atoms with Gasteiger partial charge in [-0.05, 0) is 43.5 Å². The molecule has 0 spiro atoms. The number of aromatic nitrogens is 4. The molecule has 3 heterocycles. The second-order valence-corrected chi connectivity index (χ2v) is 11.6. The van der Waals surface area contributed by atoms with E-state index in [4.69, 9.17) is 4.74 Å². The summed E-state index contributed by atoms with van der Waals surface area (Å²) in [6.45, 7) is 2.89. The number of amides is 1. The average Bonchev–Trinajstić information content (AvgIpc) is 3.63. The fraction of sp³-hybridized carbons (Fsp3) is 0.345. The van der Waals surface area contributed by atoms with E-state index in [1.807, 2.05) is 30.3 Å². The molecule has 13 heteroatoms. The van der Waals surface area contributed by atoms with E-state index in [0.29, 0.717) is 72.1 Å². The third-order valence-corrected chi connectivity index (χ3v) is 8.73. The smallest absolute Gasteiger partial charge is 0.416 e. The summed E-state index contributed by atoms with van der Waals surface area (Å²) in [5.41, 5.74) is 0.783. The number of likely N-dealkylation sites (tertiary alicyclic amines) is 1. The highest BCUT2D eigenvalue weighted by Gasteiger charge is 2.32. The summed E-state index contributed by atoms with van der Waals surface area (Å²) in [6, 6.07) is 14.6. The maximum Gasteiger partial charge on any atom is 0.416 e. The lowest BCUT2D eigenvalue weighted by atomic mass is 9.98. The third-order valence-electron chi connectivity index (χ3n) is 6.76. The molecule has 1 atom stereocenters. The van der Waals surface area contributed by atoms with Crippen LogP contribution < -0.4 is 0 Å². The molecule has 0 radical (unpaired) electrons. The van der Waals surface area contributed by atoms with Crippen LogP contribution in [0.1, 0.15) is 52.2 Å². The number of halogens is 3. The Balaban J connectivity index is 1.34. The first-order valence-corrected chi connectivity index (χ1v) is 15.3. The van der Waals surface area contributed by atoms with Gasteiger partial charge >= 0.3 is 12.1 Å². The number of piperidine rings is 1. The van der Waals surface area contributed by atoms with E-state index in [0.717, 1.165) is 17.7 Å². The normalized spacial score (nSPS) is 15.5. The van der Waals surface area contributed by atoms with Crippen molar-refractivity contribution in [1.82, 2.24) is 24.6 Å². The van der Waals surface area contributed by atoms with Crippen molar-refractivity contribution in [2.75, 3.05) is 19.7 Å². The minimum atomic E-state index is -4.49. The number of nitrogens with zero attached hydrogens (tertiary/aromatic N) is 5. The molecule has 0 bridgehead atoms. The summed E-state index contributed by atoms with van der Waals surface area (Å²) in [6.07, 6.45) is -2.73. The first kappa shape index (κ1) is 29.8. The molecule has 1 fully saturated rings. The number of thiazole rings is 1. The van der Waals surface area contributed by atoms with Crippen LogP contribution in [0.3, 0.4) is 0 Å². The number of benzene rings is 2. The van der Waals surface area contributed by atoms with Crippen molar-refractivity contribution in [3.05, 3.63) is 87.6 Å². The van der Waals surface area contributed by atoms with E-state index in [2.05, 4.69) is 15.2 Å². The van der Waals surface area contributed by atoms with Gasteiger partial charge in [0.15, 0.2) is 5.16 Å². The van der Waals surface area contributed by atoms with Crippen molar-refractivity contribution in [1.29, 1.82) is 0 Å². The summed E-state index contributed by atoms with van der Waals surface area (Å²) in [4.78, 5) is 31.5. The van der Waals surface area contributed by atoms with Crippen LogP contribution in [-0.2, 0) is 27.9 Å². The number of carbonyl (C=O) groups is 2. The lowest BCUT2D eigenvalue weighted by Crippen LogP contribution is -2.43. The largest absolute Gasteiger partial charge is 0.466 e. The summed E-state index contributed by atoms with van der Waals surface area (Å²) in [5, 5.41) is 11.4. The van der Waals surface area contributed by atoms with Gasteiger partial charge in [-0.25, -0.2) is 4.98 Å². The van der Waals surface area contributed by atoms with E-state index in [9.17, 15) is 22.8 Å². The van der Waals surface area contributed by atoms with E-state index < -0.39 is 11.7 Å². The number of carbonyl (C=O) groups excluding carboxylic acids is 2.